The Morgan fingerprint density at radius 2 is 1.68 bits per heavy atom. The number of hydrogen-bond acceptors (Lipinski definition) is 2. The molecule has 2 aromatic rings. The Labute approximate surface area is 205 Å². The van der Waals surface area contributed by atoms with Gasteiger partial charge in [0.1, 0.15) is 6.04 Å². The molecule has 1 heterocycles. The molecular weight excluding hydrogens is 420 g/mol. The van der Waals surface area contributed by atoms with Gasteiger partial charge < -0.3 is 10.2 Å². The van der Waals surface area contributed by atoms with Crippen LogP contribution in [0.4, 0.5) is 0 Å². The highest BCUT2D eigenvalue weighted by molar-refractivity contribution is 5.89. The smallest absolute Gasteiger partial charge is 0.245 e. The maximum atomic E-state index is 14.0. The van der Waals surface area contributed by atoms with E-state index in [1.165, 1.54) is 23.1 Å². The van der Waals surface area contributed by atoms with Crippen molar-refractivity contribution in [3.05, 3.63) is 71.3 Å². The summed E-state index contributed by atoms with van der Waals surface area (Å²) < 4.78 is 0. The Balaban J connectivity index is 1.53. The molecule has 1 aliphatic carbocycles. The van der Waals surface area contributed by atoms with Gasteiger partial charge in [-0.05, 0) is 61.1 Å². The molecule has 1 saturated carbocycles. The van der Waals surface area contributed by atoms with E-state index in [2.05, 4.69) is 58.7 Å². The molecule has 3 atom stereocenters. The molecule has 1 saturated heterocycles. The minimum absolute atomic E-state index is 0.0204. The average molecular weight is 461 g/mol. The zero-order valence-electron chi connectivity index (χ0n) is 20.8. The molecule has 2 fully saturated rings. The van der Waals surface area contributed by atoms with Gasteiger partial charge in [-0.15, -0.1) is 0 Å². The summed E-state index contributed by atoms with van der Waals surface area (Å²) in [5, 5.41) is 3.20. The van der Waals surface area contributed by atoms with Crippen LogP contribution < -0.4 is 5.32 Å². The van der Waals surface area contributed by atoms with Crippen molar-refractivity contribution in [3.63, 3.8) is 0 Å². The molecule has 2 aliphatic rings. The quantitative estimate of drug-likeness (QED) is 0.521. The lowest BCUT2D eigenvalue weighted by Crippen LogP contribution is -2.53. The third-order valence-electron chi connectivity index (χ3n) is 7.87. The van der Waals surface area contributed by atoms with Crippen LogP contribution in [0.15, 0.2) is 54.6 Å². The summed E-state index contributed by atoms with van der Waals surface area (Å²) in [6.45, 7) is 4.75. The summed E-state index contributed by atoms with van der Waals surface area (Å²) >= 11 is 0. The molecule has 0 radical (unpaired) electrons. The Kier molecular flexibility index (Phi) is 8.42. The van der Waals surface area contributed by atoms with Crippen LogP contribution in [-0.2, 0) is 16.0 Å². The molecule has 4 rings (SSSR count). The van der Waals surface area contributed by atoms with Gasteiger partial charge in [0.25, 0.3) is 0 Å². The molecule has 1 N–H and O–H groups in total. The molecule has 1 aliphatic heterocycles. The van der Waals surface area contributed by atoms with Gasteiger partial charge in [0.05, 0.1) is 6.04 Å². The van der Waals surface area contributed by atoms with Gasteiger partial charge in [-0.3, -0.25) is 9.59 Å². The van der Waals surface area contributed by atoms with E-state index in [-0.39, 0.29) is 29.7 Å². The zero-order chi connectivity index (χ0) is 23.9. The second-order valence-corrected chi connectivity index (χ2v) is 10.3. The summed E-state index contributed by atoms with van der Waals surface area (Å²) in [6.07, 6.45) is 9.27. The highest BCUT2D eigenvalue weighted by Gasteiger charge is 2.39. The van der Waals surface area contributed by atoms with Crippen LogP contribution in [0.1, 0.15) is 87.9 Å². The first-order valence-corrected chi connectivity index (χ1v) is 13.3. The van der Waals surface area contributed by atoms with Gasteiger partial charge in [-0.25, -0.2) is 0 Å². The molecule has 34 heavy (non-hydrogen) atoms. The summed E-state index contributed by atoms with van der Waals surface area (Å²) in [5.41, 5.74) is 3.79. The Morgan fingerprint density at radius 1 is 0.941 bits per heavy atom. The zero-order valence-corrected chi connectivity index (χ0v) is 20.8. The normalized spacial score (nSPS) is 20.6. The highest BCUT2D eigenvalue weighted by Crippen LogP contribution is 2.35. The SMILES string of the molecule is CC[C@@H](C)C(=O)N[C@H](C(=O)N1CCC[C@H]1c1cccc(Cc2ccccc2)c1)C1CCCCC1. The van der Waals surface area contributed by atoms with E-state index in [9.17, 15) is 9.59 Å². The third kappa shape index (κ3) is 5.89. The summed E-state index contributed by atoms with van der Waals surface area (Å²) in [7, 11) is 0. The molecular formula is C30H40N2O2. The van der Waals surface area contributed by atoms with E-state index < -0.39 is 6.04 Å². The van der Waals surface area contributed by atoms with Gasteiger partial charge in [-0.2, -0.15) is 0 Å². The lowest BCUT2D eigenvalue weighted by Gasteiger charge is -2.35. The summed E-state index contributed by atoms with van der Waals surface area (Å²) in [4.78, 5) is 28.9. The predicted molar refractivity (Wildman–Crippen MR) is 137 cm³/mol. The molecule has 4 nitrogen and oxygen atoms in total. The molecule has 4 heteroatoms. The number of hydrogen-bond donors (Lipinski definition) is 1. The predicted octanol–water partition coefficient (Wildman–Crippen LogP) is 6.05. The largest absolute Gasteiger partial charge is 0.344 e. The van der Waals surface area contributed by atoms with Crippen molar-refractivity contribution in [1.29, 1.82) is 0 Å². The second-order valence-electron chi connectivity index (χ2n) is 10.3. The van der Waals surface area contributed by atoms with Gasteiger partial charge in [0, 0.05) is 12.5 Å². The molecule has 0 unspecified atom stereocenters. The number of carbonyl (C=O) groups is 2. The van der Waals surface area contributed by atoms with Crippen molar-refractivity contribution in [2.24, 2.45) is 11.8 Å². The van der Waals surface area contributed by atoms with Crippen molar-refractivity contribution in [1.82, 2.24) is 10.2 Å². The number of rotatable bonds is 8. The number of nitrogens with one attached hydrogen (secondary N) is 1. The van der Waals surface area contributed by atoms with E-state index >= 15 is 0 Å². The first-order chi connectivity index (χ1) is 16.6. The molecule has 0 bridgehead atoms. The Morgan fingerprint density at radius 3 is 2.41 bits per heavy atom. The number of amides is 2. The van der Waals surface area contributed by atoms with Crippen LogP contribution in [-0.4, -0.2) is 29.3 Å². The van der Waals surface area contributed by atoms with Gasteiger partial charge in [0.15, 0.2) is 0 Å². The van der Waals surface area contributed by atoms with Crippen molar-refractivity contribution in [2.45, 2.75) is 83.7 Å². The Bertz CT molecular complexity index is 951. The van der Waals surface area contributed by atoms with E-state index in [1.54, 1.807) is 0 Å². The van der Waals surface area contributed by atoms with Crippen LogP contribution >= 0.6 is 0 Å². The minimum Gasteiger partial charge on any atom is -0.344 e. The van der Waals surface area contributed by atoms with Gasteiger partial charge >= 0.3 is 0 Å². The van der Waals surface area contributed by atoms with Crippen LogP contribution in [0.3, 0.4) is 0 Å². The number of likely N-dealkylation sites (tertiary alicyclic amines) is 1. The van der Waals surface area contributed by atoms with Gasteiger partial charge in [-0.1, -0.05) is 87.7 Å². The molecule has 2 aromatic carbocycles. The van der Waals surface area contributed by atoms with Crippen LogP contribution in [0.2, 0.25) is 0 Å². The van der Waals surface area contributed by atoms with Crippen LogP contribution in [0.25, 0.3) is 0 Å². The summed E-state index contributed by atoms with van der Waals surface area (Å²) in [6, 6.07) is 19.0. The van der Waals surface area contributed by atoms with Gasteiger partial charge in [0.2, 0.25) is 11.8 Å². The molecule has 0 spiro atoms. The van der Waals surface area contributed by atoms with Crippen molar-refractivity contribution in [2.75, 3.05) is 6.54 Å². The van der Waals surface area contributed by atoms with Crippen molar-refractivity contribution < 1.29 is 9.59 Å². The maximum absolute atomic E-state index is 14.0. The number of nitrogens with zero attached hydrogens (tertiary/aromatic N) is 1. The van der Waals surface area contributed by atoms with E-state index in [0.717, 1.165) is 57.9 Å². The van der Waals surface area contributed by atoms with E-state index in [0.29, 0.717) is 0 Å². The first-order valence-electron chi connectivity index (χ1n) is 13.3. The Hall–Kier alpha value is -2.62. The van der Waals surface area contributed by atoms with Crippen molar-refractivity contribution in [3.8, 4) is 0 Å². The first kappa shape index (κ1) is 24.5. The fraction of sp³-hybridized carbons (Fsp3) is 0.533. The lowest BCUT2D eigenvalue weighted by molar-refractivity contribution is -0.140. The summed E-state index contributed by atoms with van der Waals surface area (Å²) in [5.74, 6) is 0.328. The van der Waals surface area contributed by atoms with E-state index in [4.69, 9.17) is 0 Å². The maximum Gasteiger partial charge on any atom is 0.245 e. The molecule has 2 amide bonds. The highest BCUT2D eigenvalue weighted by atomic mass is 16.2. The number of benzene rings is 2. The standard InChI is InChI=1S/C30H40N2O2/c1-3-22(2)29(33)31-28(25-15-8-5-9-16-25)30(34)32-19-11-18-27(32)26-17-10-14-24(21-26)20-23-12-6-4-7-13-23/h4,6-7,10,12-14,17,21-22,25,27-28H,3,5,8-9,11,15-16,18-20H2,1-2H3,(H,31,33)/t22-,27+,28+/m1/s1. The average Bonchev–Trinajstić information content (AvgIpc) is 3.38. The van der Waals surface area contributed by atoms with Crippen LogP contribution in [0.5, 0.6) is 0 Å². The fourth-order valence-corrected chi connectivity index (χ4v) is 5.63. The van der Waals surface area contributed by atoms with Crippen LogP contribution in [0, 0.1) is 11.8 Å². The fourth-order valence-electron chi connectivity index (χ4n) is 5.63. The minimum atomic E-state index is -0.394. The second kappa shape index (κ2) is 11.7. The lowest BCUT2D eigenvalue weighted by atomic mass is 9.83. The topological polar surface area (TPSA) is 49.4 Å². The third-order valence-corrected chi connectivity index (χ3v) is 7.87. The monoisotopic (exact) mass is 460 g/mol. The molecule has 0 aromatic heterocycles. The van der Waals surface area contributed by atoms with E-state index in [1.807, 2.05) is 19.9 Å². The van der Waals surface area contributed by atoms with Crippen molar-refractivity contribution >= 4 is 11.8 Å². The number of carbonyl (C=O) groups excluding carboxylic acids is 2. The molecule has 182 valence electrons.